The molecule has 0 aromatic carbocycles. The number of carbonyl (C=O) groups excluding carboxylic acids is 1. The van der Waals surface area contributed by atoms with Crippen molar-refractivity contribution in [2.24, 2.45) is 0 Å². The molecule has 2 aromatic rings. The summed E-state index contributed by atoms with van der Waals surface area (Å²) in [4.78, 5) is 28.7. The number of anilines is 1. The van der Waals surface area contributed by atoms with E-state index in [-0.39, 0.29) is 11.8 Å². The minimum absolute atomic E-state index is 0.0575. The van der Waals surface area contributed by atoms with E-state index >= 15 is 0 Å². The molecule has 0 unspecified atom stereocenters. The van der Waals surface area contributed by atoms with Gasteiger partial charge < -0.3 is 19.5 Å². The van der Waals surface area contributed by atoms with E-state index in [9.17, 15) is 4.79 Å². The Hall–Kier alpha value is -2.92. The molecular formula is C19H22N6O2. The molecule has 1 amide bonds. The van der Waals surface area contributed by atoms with Gasteiger partial charge in [-0.1, -0.05) is 0 Å². The second-order valence-corrected chi connectivity index (χ2v) is 6.84. The van der Waals surface area contributed by atoms with Crippen molar-refractivity contribution in [3.05, 3.63) is 41.6 Å². The van der Waals surface area contributed by atoms with Crippen molar-refractivity contribution in [3.63, 3.8) is 0 Å². The third-order valence-corrected chi connectivity index (χ3v) is 5.18. The molecule has 4 heterocycles. The normalized spacial score (nSPS) is 18.3. The van der Waals surface area contributed by atoms with Crippen LogP contribution in [0.2, 0.25) is 0 Å². The SMILES string of the molecule is N#Cc1ccc(C(=O)N2CCC(c3nccc(N4CCOCC4)n3)CC2)[nH]1. The fraction of sp³-hybridized carbons (Fsp3) is 0.474. The number of ether oxygens (including phenoxy) is 1. The maximum atomic E-state index is 12.6. The molecule has 0 bridgehead atoms. The second kappa shape index (κ2) is 7.76. The Bertz CT molecular complexity index is 844. The molecule has 0 aliphatic carbocycles. The van der Waals surface area contributed by atoms with Crippen LogP contribution in [0.4, 0.5) is 5.82 Å². The summed E-state index contributed by atoms with van der Waals surface area (Å²) in [6.45, 7) is 4.48. The third kappa shape index (κ3) is 3.78. The van der Waals surface area contributed by atoms with Crippen LogP contribution in [0.5, 0.6) is 0 Å². The van der Waals surface area contributed by atoms with E-state index in [1.165, 1.54) is 0 Å². The number of hydrogen-bond acceptors (Lipinski definition) is 6. The maximum Gasteiger partial charge on any atom is 0.270 e. The van der Waals surface area contributed by atoms with Crippen molar-refractivity contribution >= 4 is 11.7 Å². The van der Waals surface area contributed by atoms with E-state index in [0.717, 1.165) is 50.8 Å². The molecule has 0 saturated carbocycles. The molecule has 2 fully saturated rings. The van der Waals surface area contributed by atoms with E-state index in [1.807, 2.05) is 23.2 Å². The third-order valence-electron chi connectivity index (χ3n) is 5.18. The lowest BCUT2D eigenvalue weighted by atomic mass is 9.95. The van der Waals surface area contributed by atoms with Crippen molar-refractivity contribution in [2.75, 3.05) is 44.3 Å². The highest BCUT2D eigenvalue weighted by atomic mass is 16.5. The molecule has 27 heavy (non-hydrogen) atoms. The van der Waals surface area contributed by atoms with Crippen molar-refractivity contribution in [1.29, 1.82) is 5.26 Å². The Labute approximate surface area is 157 Å². The number of aromatic amines is 1. The monoisotopic (exact) mass is 366 g/mol. The first-order valence-electron chi connectivity index (χ1n) is 9.28. The maximum absolute atomic E-state index is 12.6. The Balaban J connectivity index is 1.39. The zero-order valence-corrected chi connectivity index (χ0v) is 15.1. The molecular weight excluding hydrogens is 344 g/mol. The van der Waals surface area contributed by atoms with Gasteiger partial charge in [0.05, 0.1) is 13.2 Å². The Kier molecular flexibility index (Phi) is 5.03. The van der Waals surface area contributed by atoms with Gasteiger partial charge in [0.15, 0.2) is 0 Å². The smallest absolute Gasteiger partial charge is 0.270 e. The number of hydrogen-bond donors (Lipinski definition) is 1. The minimum atomic E-state index is -0.0575. The van der Waals surface area contributed by atoms with Crippen LogP contribution in [0.15, 0.2) is 24.4 Å². The molecule has 2 saturated heterocycles. The summed E-state index contributed by atoms with van der Waals surface area (Å²) in [6, 6.07) is 7.26. The number of rotatable bonds is 3. The van der Waals surface area contributed by atoms with Crippen LogP contribution in [0.25, 0.3) is 0 Å². The quantitative estimate of drug-likeness (QED) is 0.885. The number of piperidine rings is 1. The molecule has 2 aliphatic rings. The molecule has 0 atom stereocenters. The molecule has 1 N–H and O–H groups in total. The Morgan fingerprint density at radius 1 is 1.19 bits per heavy atom. The van der Waals surface area contributed by atoms with Gasteiger partial charge in [0, 0.05) is 38.3 Å². The van der Waals surface area contributed by atoms with Crippen LogP contribution < -0.4 is 4.90 Å². The fourth-order valence-corrected chi connectivity index (χ4v) is 3.63. The van der Waals surface area contributed by atoms with Crippen molar-refractivity contribution < 1.29 is 9.53 Å². The lowest BCUT2D eigenvalue weighted by molar-refractivity contribution is 0.0705. The summed E-state index contributed by atoms with van der Waals surface area (Å²) in [6.07, 6.45) is 3.50. The van der Waals surface area contributed by atoms with Gasteiger partial charge in [-0.15, -0.1) is 0 Å². The highest BCUT2D eigenvalue weighted by Crippen LogP contribution is 2.27. The van der Waals surface area contributed by atoms with E-state index in [2.05, 4.69) is 14.9 Å². The number of nitriles is 1. The molecule has 4 rings (SSSR count). The summed E-state index contributed by atoms with van der Waals surface area (Å²) in [7, 11) is 0. The molecule has 8 nitrogen and oxygen atoms in total. The van der Waals surface area contributed by atoms with Crippen molar-refractivity contribution in [3.8, 4) is 6.07 Å². The predicted octanol–water partition coefficient (Wildman–Crippen LogP) is 1.53. The van der Waals surface area contributed by atoms with Crippen LogP contribution >= 0.6 is 0 Å². The first kappa shape index (κ1) is 17.5. The lowest BCUT2D eigenvalue weighted by Crippen LogP contribution is -2.39. The van der Waals surface area contributed by atoms with Crippen LogP contribution in [0, 0.1) is 11.3 Å². The van der Waals surface area contributed by atoms with Crippen molar-refractivity contribution in [1.82, 2.24) is 19.9 Å². The highest BCUT2D eigenvalue weighted by molar-refractivity contribution is 5.92. The Morgan fingerprint density at radius 3 is 2.67 bits per heavy atom. The van der Waals surface area contributed by atoms with Crippen LogP contribution in [0.3, 0.4) is 0 Å². The van der Waals surface area contributed by atoms with Gasteiger partial charge in [0.25, 0.3) is 5.91 Å². The highest BCUT2D eigenvalue weighted by Gasteiger charge is 2.27. The average Bonchev–Trinajstić information content (AvgIpc) is 3.23. The molecule has 2 aliphatic heterocycles. The average molecular weight is 366 g/mol. The van der Waals surface area contributed by atoms with Gasteiger partial charge in [-0.05, 0) is 31.0 Å². The summed E-state index contributed by atoms with van der Waals surface area (Å²) in [5.41, 5.74) is 0.872. The van der Waals surface area contributed by atoms with E-state index in [0.29, 0.717) is 24.5 Å². The zero-order chi connectivity index (χ0) is 18.6. The van der Waals surface area contributed by atoms with Crippen molar-refractivity contribution in [2.45, 2.75) is 18.8 Å². The Morgan fingerprint density at radius 2 is 1.96 bits per heavy atom. The summed E-state index contributed by atoms with van der Waals surface area (Å²) >= 11 is 0. The predicted molar refractivity (Wildman–Crippen MR) is 98.5 cm³/mol. The summed E-state index contributed by atoms with van der Waals surface area (Å²) in [5, 5.41) is 8.89. The molecule has 0 spiro atoms. The first-order chi connectivity index (χ1) is 13.2. The molecule has 8 heteroatoms. The van der Waals surface area contributed by atoms with E-state index < -0.39 is 0 Å². The van der Waals surface area contributed by atoms with Gasteiger partial charge >= 0.3 is 0 Å². The number of likely N-dealkylation sites (tertiary alicyclic amines) is 1. The first-order valence-corrected chi connectivity index (χ1v) is 9.28. The second-order valence-electron chi connectivity index (χ2n) is 6.84. The lowest BCUT2D eigenvalue weighted by Gasteiger charge is -2.32. The summed E-state index contributed by atoms with van der Waals surface area (Å²) < 4.78 is 5.40. The van der Waals surface area contributed by atoms with Gasteiger partial charge in [-0.3, -0.25) is 4.79 Å². The number of amides is 1. The standard InChI is InChI=1S/C19H22N6O2/c20-13-15-1-2-16(22-15)19(26)25-7-4-14(5-8-25)18-21-6-3-17(23-18)24-9-11-27-12-10-24/h1-3,6,14,22H,4-5,7-12H2. The minimum Gasteiger partial charge on any atom is -0.378 e. The zero-order valence-electron chi connectivity index (χ0n) is 15.1. The van der Waals surface area contributed by atoms with Gasteiger partial charge in [-0.25, -0.2) is 9.97 Å². The van der Waals surface area contributed by atoms with Crippen LogP contribution in [-0.4, -0.2) is 65.2 Å². The molecule has 140 valence electrons. The van der Waals surface area contributed by atoms with Gasteiger partial charge in [-0.2, -0.15) is 5.26 Å². The fourth-order valence-electron chi connectivity index (χ4n) is 3.63. The summed E-state index contributed by atoms with van der Waals surface area (Å²) in [5.74, 6) is 2.02. The number of aromatic nitrogens is 3. The number of nitrogens with one attached hydrogen (secondary N) is 1. The molecule has 0 radical (unpaired) electrons. The number of H-pyrrole nitrogens is 1. The number of nitrogens with zero attached hydrogens (tertiary/aromatic N) is 5. The largest absolute Gasteiger partial charge is 0.378 e. The topological polar surface area (TPSA) is 98.1 Å². The number of morpholine rings is 1. The van der Waals surface area contributed by atoms with Gasteiger partial charge in [0.1, 0.15) is 29.1 Å². The number of carbonyl (C=O) groups is 1. The van der Waals surface area contributed by atoms with E-state index in [1.54, 1.807) is 12.1 Å². The van der Waals surface area contributed by atoms with E-state index in [4.69, 9.17) is 15.0 Å². The van der Waals surface area contributed by atoms with Crippen LogP contribution in [0.1, 0.15) is 40.8 Å². The van der Waals surface area contributed by atoms with Gasteiger partial charge in [0.2, 0.25) is 0 Å². The molecule has 2 aromatic heterocycles. The van der Waals surface area contributed by atoms with Crippen LogP contribution in [-0.2, 0) is 4.74 Å².